The van der Waals surface area contributed by atoms with E-state index in [2.05, 4.69) is 55.6 Å². The van der Waals surface area contributed by atoms with Crippen molar-refractivity contribution in [1.29, 1.82) is 0 Å². The van der Waals surface area contributed by atoms with Crippen molar-refractivity contribution >= 4 is 0 Å². The molecule has 1 aromatic carbocycles. The molecule has 0 amide bonds. The van der Waals surface area contributed by atoms with Crippen molar-refractivity contribution in [3.8, 4) is 0 Å². The monoisotopic (exact) mass is 283 g/mol. The molecule has 4 atom stereocenters. The second-order valence-corrected chi connectivity index (χ2v) is 6.40. The third-order valence-electron chi connectivity index (χ3n) is 5.05. The first-order valence-corrected chi connectivity index (χ1v) is 8.10. The summed E-state index contributed by atoms with van der Waals surface area (Å²) in [6.45, 7) is 4.76. The average molecular weight is 283 g/mol. The van der Waals surface area contributed by atoms with Gasteiger partial charge in [0.05, 0.1) is 12.3 Å². The minimum absolute atomic E-state index is 0.152. The zero-order valence-corrected chi connectivity index (χ0v) is 13.0. The lowest BCUT2D eigenvalue weighted by Crippen LogP contribution is -2.42. The van der Waals surface area contributed by atoms with Gasteiger partial charge in [-0.2, -0.15) is 0 Å². The Balaban J connectivity index is 1.83. The van der Waals surface area contributed by atoms with Crippen molar-refractivity contribution in [3.63, 3.8) is 0 Å². The number of nitrogens with one attached hydrogen (secondary N) is 1. The van der Waals surface area contributed by atoms with Crippen LogP contribution in [0.1, 0.15) is 50.5 Å². The van der Waals surface area contributed by atoms with Crippen LogP contribution < -0.4 is 5.32 Å². The van der Waals surface area contributed by atoms with Gasteiger partial charge in [0.15, 0.2) is 0 Å². The summed E-state index contributed by atoms with van der Waals surface area (Å²) in [5.74, 6) is 2.51. The molecule has 0 aliphatic heterocycles. The molecule has 0 spiro atoms. The van der Waals surface area contributed by atoms with Gasteiger partial charge in [0, 0.05) is 6.04 Å². The molecule has 2 heteroatoms. The summed E-state index contributed by atoms with van der Waals surface area (Å²) in [6.07, 6.45) is 5.70. The highest BCUT2D eigenvalue weighted by atomic mass is 16.3. The fourth-order valence-corrected chi connectivity index (χ4v) is 3.47. The highest BCUT2D eigenvalue weighted by Crippen LogP contribution is 2.32. The molecule has 1 fully saturated rings. The smallest absolute Gasteiger partial charge is 0.125 e. The number of benzene rings is 1. The van der Waals surface area contributed by atoms with E-state index < -0.39 is 0 Å². The van der Waals surface area contributed by atoms with Crippen molar-refractivity contribution < 1.29 is 4.42 Å². The molecule has 2 aromatic rings. The molecule has 1 aliphatic rings. The van der Waals surface area contributed by atoms with Crippen LogP contribution in [0, 0.1) is 11.8 Å². The summed E-state index contributed by atoms with van der Waals surface area (Å²) in [6, 6.07) is 15.4. The van der Waals surface area contributed by atoms with Gasteiger partial charge >= 0.3 is 0 Å². The molecular formula is C19H25NO. The molecule has 3 rings (SSSR count). The van der Waals surface area contributed by atoms with E-state index in [1.165, 1.54) is 24.8 Å². The predicted octanol–water partition coefficient (Wildman–Crippen LogP) is 4.78. The summed E-state index contributed by atoms with van der Waals surface area (Å²) in [5, 5.41) is 3.86. The Labute approximate surface area is 127 Å². The van der Waals surface area contributed by atoms with E-state index in [1.54, 1.807) is 6.26 Å². The minimum atomic E-state index is 0.152. The summed E-state index contributed by atoms with van der Waals surface area (Å²) < 4.78 is 5.69. The van der Waals surface area contributed by atoms with Crippen molar-refractivity contribution in [2.45, 2.75) is 45.2 Å². The first kappa shape index (κ1) is 14.4. The van der Waals surface area contributed by atoms with Crippen LogP contribution in [0.15, 0.2) is 53.1 Å². The molecule has 0 bridgehead atoms. The van der Waals surface area contributed by atoms with Crippen molar-refractivity contribution in [2.75, 3.05) is 0 Å². The maximum Gasteiger partial charge on any atom is 0.125 e. The maximum absolute atomic E-state index is 5.69. The second kappa shape index (κ2) is 6.48. The minimum Gasteiger partial charge on any atom is -0.467 e. The van der Waals surface area contributed by atoms with Crippen LogP contribution in [-0.4, -0.2) is 6.04 Å². The molecule has 1 aromatic heterocycles. The highest BCUT2D eigenvalue weighted by molar-refractivity contribution is 5.26. The molecule has 1 N–H and O–H groups in total. The summed E-state index contributed by atoms with van der Waals surface area (Å²) in [5.41, 5.74) is 1.28. The van der Waals surface area contributed by atoms with Gasteiger partial charge in [0.2, 0.25) is 0 Å². The molecule has 1 heterocycles. The highest BCUT2D eigenvalue weighted by Gasteiger charge is 2.30. The Morgan fingerprint density at radius 3 is 2.57 bits per heavy atom. The fraction of sp³-hybridized carbons (Fsp3) is 0.474. The number of furan rings is 1. The molecule has 1 aliphatic carbocycles. The Morgan fingerprint density at radius 2 is 1.86 bits per heavy atom. The zero-order valence-electron chi connectivity index (χ0n) is 13.0. The van der Waals surface area contributed by atoms with E-state index in [0.29, 0.717) is 12.0 Å². The zero-order chi connectivity index (χ0) is 14.7. The van der Waals surface area contributed by atoms with E-state index in [4.69, 9.17) is 4.42 Å². The molecule has 0 saturated heterocycles. The Kier molecular flexibility index (Phi) is 4.45. The lowest BCUT2D eigenvalue weighted by molar-refractivity contribution is 0.195. The lowest BCUT2D eigenvalue weighted by Gasteiger charge is -2.37. The standard InChI is InChI=1S/C19H25NO/c1-14-8-6-11-17(15(14)2)20-19(18-12-7-13-21-18)16-9-4-3-5-10-16/h3-5,7,9-10,12-15,17,19-20H,6,8,11H2,1-2H3. The van der Waals surface area contributed by atoms with Crippen molar-refractivity contribution in [3.05, 3.63) is 60.1 Å². The van der Waals surface area contributed by atoms with Gasteiger partial charge in [0.1, 0.15) is 5.76 Å². The molecule has 2 nitrogen and oxygen atoms in total. The van der Waals surface area contributed by atoms with Gasteiger partial charge in [0.25, 0.3) is 0 Å². The van der Waals surface area contributed by atoms with Crippen LogP contribution in [0.5, 0.6) is 0 Å². The first-order valence-electron chi connectivity index (χ1n) is 8.10. The van der Waals surface area contributed by atoms with E-state index >= 15 is 0 Å². The van der Waals surface area contributed by atoms with E-state index in [0.717, 1.165) is 11.7 Å². The largest absolute Gasteiger partial charge is 0.467 e. The third-order valence-corrected chi connectivity index (χ3v) is 5.05. The van der Waals surface area contributed by atoms with Gasteiger partial charge in [-0.3, -0.25) is 0 Å². The van der Waals surface area contributed by atoms with Gasteiger partial charge in [-0.15, -0.1) is 0 Å². The molecule has 0 radical (unpaired) electrons. The van der Waals surface area contributed by atoms with Gasteiger partial charge in [-0.1, -0.05) is 57.0 Å². The van der Waals surface area contributed by atoms with Crippen LogP contribution in [-0.2, 0) is 0 Å². The number of hydrogen-bond donors (Lipinski definition) is 1. The first-order chi connectivity index (χ1) is 10.3. The average Bonchev–Trinajstić information content (AvgIpc) is 3.04. The second-order valence-electron chi connectivity index (χ2n) is 6.40. The van der Waals surface area contributed by atoms with E-state index in [-0.39, 0.29) is 6.04 Å². The van der Waals surface area contributed by atoms with E-state index in [9.17, 15) is 0 Å². The van der Waals surface area contributed by atoms with Crippen LogP contribution in [0.25, 0.3) is 0 Å². The van der Waals surface area contributed by atoms with Crippen LogP contribution in [0.2, 0.25) is 0 Å². The fourth-order valence-electron chi connectivity index (χ4n) is 3.47. The van der Waals surface area contributed by atoms with Crippen LogP contribution >= 0.6 is 0 Å². The third kappa shape index (κ3) is 3.21. The molecular weight excluding hydrogens is 258 g/mol. The molecule has 21 heavy (non-hydrogen) atoms. The lowest BCUT2D eigenvalue weighted by atomic mass is 9.77. The summed E-state index contributed by atoms with van der Waals surface area (Å²) >= 11 is 0. The topological polar surface area (TPSA) is 25.2 Å². The number of hydrogen-bond acceptors (Lipinski definition) is 2. The summed E-state index contributed by atoms with van der Waals surface area (Å²) in [7, 11) is 0. The van der Waals surface area contributed by atoms with Gasteiger partial charge in [-0.25, -0.2) is 0 Å². The van der Waals surface area contributed by atoms with E-state index in [1.807, 2.05) is 6.07 Å². The molecule has 4 unspecified atom stereocenters. The predicted molar refractivity (Wildman–Crippen MR) is 86.1 cm³/mol. The normalized spacial score (nSPS) is 27.4. The maximum atomic E-state index is 5.69. The Morgan fingerprint density at radius 1 is 1.05 bits per heavy atom. The van der Waals surface area contributed by atoms with Crippen molar-refractivity contribution in [1.82, 2.24) is 5.32 Å². The molecule has 1 saturated carbocycles. The SMILES string of the molecule is CC1CCCC(NC(c2ccccc2)c2ccco2)C1C. The van der Waals surface area contributed by atoms with Crippen LogP contribution in [0.3, 0.4) is 0 Å². The van der Waals surface area contributed by atoms with Gasteiger partial charge in [-0.05, 0) is 36.0 Å². The van der Waals surface area contributed by atoms with Crippen LogP contribution in [0.4, 0.5) is 0 Å². The quantitative estimate of drug-likeness (QED) is 0.873. The Bertz CT molecular complexity index is 534. The molecule has 112 valence electrons. The van der Waals surface area contributed by atoms with Gasteiger partial charge < -0.3 is 9.73 Å². The Hall–Kier alpha value is -1.54. The number of rotatable bonds is 4. The van der Waals surface area contributed by atoms with Crippen molar-refractivity contribution in [2.24, 2.45) is 11.8 Å². The summed E-state index contributed by atoms with van der Waals surface area (Å²) in [4.78, 5) is 0.